The van der Waals surface area contributed by atoms with Crippen molar-refractivity contribution in [2.45, 2.75) is 52.0 Å². The molecule has 1 unspecified atom stereocenters. The third-order valence-electron chi connectivity index (χ3n) is 2.44. The van der Waals surface area contributed by atoms with E-state index in [2.05, 4.69) is 65.7 Å². The first-order valence-corrected chi connectivity index (χ1v) is 7.10. The number of nitrogens with zero attached hydrogens (tertiary/aromatic N) is 1. The third kappa shape index (κ3) is 7.89. The van der Waals surface area contributed by atoms with Gasteiger partial charge < -0.3 is 0 Å². The Morgan fingerprint density at radius 1 is 1.43 bits per heavy atom. The van der Waals surface area contributed by atoms with Crippen LogP contribution >= 0.6 is 34.8 Å². The van der Waals surface area contributed by atoms with Crippen LogP contribution in [0.1, 0.15) is 46.5 Å². The highest BCUT2D eigenvalue weighted by molar-refractivity contribution is 14.1. The van der Waals surface area contributed by atoms with Crippen LogP contribution in [0.25, 0.3) is 0 Å². The lowest BCUT2D eigenvalue weighted by Crippen LogP contribution is -2.16. The van der Waals surface area contributed by atoms with Crippen molar-refractivity contribution in [3.05, 3.63) is 0 Å². The molecule has 0 aliphatic carbocycles. The number of hydrogen-bond acceptors (Lipinski definition) is 2. The van der Waals surface area contributed by atoms with Crippen LogP contribution in [-0.2, 0) is 0 Å². The lowest BCUT2D eigenvalue weighted by atomic mass is 9.94. The molecule has 82 valence electrons. The van der Waals surface area contributed by atoms with Gasteiger partial charge in [-0.3, -0.25) is 0 Å². The first-order chi connectivity index (χ1) is 6.52. The van der Waals surface area contributed by atoms with Crippen LogP contribution in [0.2, 0.25) is 0 Å². The minimum absolute atomic E-state index is 0.00814. The van der Waals surface area contributed by atoms with Gasteiger partial charge in [-0.1, -0.05) is 42.4 Å². The molecule has 0 aromatic rings. The molecular weight excluding hydrogens is 305 g/mol. The predicted octanol–water partition coefficient (Wildman–Crippen LogP) is 4.50. The van der Waals surface area contributed by atoms with Gasteiger partial charge in [-0.25, -0.2) is 4.99 Å². The molecule has 0 fully saturated rings. The highest BCUT2D eigenvalue weighted by atomic mass is 127. The molecule has 0 bridgehead atoms. The molecule has 0 aliphatic heterocycles. The van der Waals surface area contributed by atoms with Crippen LogP contribution in [0, 0.1) is 5.92 Å². The highest BCUT2D eigenvalue weighted by Crippen LogP contribution is 2.20. The van der Waals surface area contributed by atoms with Gasteiger partial charge in [0.25, 0.3) is 0 Å². The van der Waals surface area contributed by atoms with Crippen molar-refractivity contribution in [1.29, 1.82) is 0 Å². The van der Waals surface area contributed by atoms with Crippen LogP contribution in [-0.4, -0.2) is 15.1 Å². The van der Waals surface area contributed by atoms with Crippen molar-refractivity contribution in [3.63, 3.8) is 0 Å². The van der Waals surface area contributed by atoms with Gasteiger partial charge in [0, 0.05) is 0 Å². The molecule has 0 N–H and O–H groups in total. The molecule has 3 heteroatoms. The van der Waals surface area contributed by atoms with Crippen molar-refractivity contribution < 1.29 is 0 Å². The molecule has 0 spiro atoms. The smallest absolute Gasteiger partial charge is 0.0655 e. The summed E-state index contributed by atoms with van der Waals surface area (Å²) in [6.07, 6.45) is 4.99. The maximum Gasteiger partial charge on any atom is 0.0655 e. The maximum atomic E-state index is 4.63. The Hall–Kier alpha value is 0.530. The third-order valence-corrected chi connectivity index (χ3v) is 3.15. The zero-order valence-corrected chi connectivity index (χ0v) is 12.3. The Labute approximate surface area is 107 Å². The van der Waals surface area contributed by atoms with Crippen LogP contribution in [0.5, 0.6) is 0 Å². The molecule has 0 aliphatic rings. The quantitative estimate of drug-likeness (QED) is 0.291. The average Bonchev–Trinajstić information content (AvgIpc) is 2.03. The van der Waals surface area contributed by atoms with E-state index in [0.717, 1.165) is 12.3 Å². The molecule has 0 saturated carbocycles. The minimum Gasteiger partial charge on any atom is -0.226 e. The van der Waals surface area contributed by atoms with Gasteiger partial charge in [0.05, 0.1) is 10.7 Å². The van der Waals surface area contributed by atoms with Crippen LogP contribution in [0.3, 0.4) is 0 Å². The Morgan fingerprint density at radius 3 is 2.57 bits per heavy atom. The Morgan fingerprint density at radius 2 is 2.07 bits per heavy atom. The summed E-state index contributed by atoms with van der Waals surface area (Å²) < 4.78 is 1.26. The Kier molecular flexibility index (Phi) is 8.07. The largest absolute Gasteiger partial charge is 0.226 e. The van der Waals surface area contributed by atoms with Gasteiger partial charge in [-0.2, -0.15) is 0 Å². The monoisotopic (exact) mass is 325 g/mol. The fourth-order valence-electron chi connectivity index (χ4n) is 1.39. The second kappa shape index (κ2) is 7.77. The number of aliphatic imine (C=N–C) groups is 1. The molecule has 0 aromatic carbocycles. The number of alkyl halides is 1. The van der Waals surface area contributed by atoms with E-state index in [1.54, 1.807) is 0 Å². The number of hydrogen-bond donors (Lipinski definition) is 0. The number of thiocarbonyl (C=S) groups is 1. The molecule has 0 saturated heterocycles. The SMILES string of the molecule is CC(CCI)CCCC(C)(C)N=C=S. The second-order valence-electron chi connectivity index (χ2n) is 4.49. The average molecular weight is 325 g/mol. The maximum absolute atomic E-state index is 4.63. The van der Waals surface area contributed by atoms with Gasteiger partial charge >= 0.3 is 0 Å². The number of halogens is 1. The van der Waals surface area contributed by atoms with E-state index in [0.29, 0.717) is 0 Å². The summed E-state index contributed by atoms with van der Waals surface area (Å²) in [4.78, 5) is 4.16. The van der Waals surface area contributed by atoms with Gasteiger partial charge in [-0.15, -0.1) is 0 Å². The Balaban J connectivity index is 3.67. The van der Waals surface area contributed by atoms with E-state index in [1.807, 2.05) is 0 Å². The number of rotatable bonds is 7. The van der Waals surface area contributed by atoms with E-state index < -0.39 is 0 Å². The van der Waals surface area contributed by atoms with E-state index in [1.165, 1.54) is 23.7 Å². The Bertz CT molecular complexity index is 197. The molecule has 0 amide bonds. The van der Waals surface area contributed by atoms with Crippen LogP contribution in [0.4, 0.5) is 0 Å². The van der Waals surface area contributed by atoms with Crippen molar-refractivity contribution in [3.8, 4) is 0 Å². The van der Waals surface area contributed by atoms with Gasteiger partial charge in [-0.05, 0) is 49.3 Å². The summed E-state index contributed by atoms with van der Waals surface area (Å²) >= 11 is 7.07. The second-order valence-corrected chi connectivity index (χ2v) is 5.75. The summed E-state index contributed by atoms with van der Waals surface area (Å²) in [6.45, 7) is 6.57. The topological polar surface area (TPSA) is 12.4 Å². The molecule has 1 atom stereocenters. The van der Waals surface area contributed by atoms with E-state index in [9.17, 15) is 0 Å². The zero-order chi connectivity index (χ0) is 11.0. The highest BCUT2D eigenvalue weighted by Gasteiger charge is 2.15. The first kappa shape index (κ1) is 14.5. The molecule has 0 aromatic heterocycles. The molecule has 14 heavy (non-hydrogen) atoms. The lowest BCUT2D eigenvalue weighted by molar-refractivity contribution is 0.413. The summed E-state index contributed by atoms with van der Waals surface area (Å²) in [7, 11) is 0. The van der Waals surface area contributed by atoms with Crippen molar-refractivity contribution >= 4 is 40.0 Å². The minimum atomic E-state index is -0.00814. The van der Waals surface area contributed by atoms with Gasteiger partial charge in [0.15, 0.2) is 0 Å². The van der Waals surface area contributed by atoms with E-state index in [-0.39, 0.29) is 5.54 Å². The predicted molar refractivity (Wildman–Crippen MR) is 75.6 cm³/mol. The molecule has 1 nitrogen and oxygen atoms in total. The fraction of sp³-hybridized carbons (Fsp3) is 0.909. The summed E-state index contributed by atoms with van der Waals surface area (Å²) in [5.41, 5.74) is -0.00814. The molecule has 0 heterocycles. The van der Waals surface area contributed by atoms with E-state index >= 15 is 0 Å². The van der Waals surface area contributed by atoms with Crippen LogP contribution < -0.4 is 0 Å². The lowest BCUT2D eigenvalue weighted by Gasteiger charge is -2.18. The summed E-state index contributed by atoms with van der Waals surface area (Å²) in [5.74, 6) is 0.846. The molecular formula is C11H20INS. The summed E-state index contributed by atoms with van der Waals surface area (Å²) in [6, 6.07) is 0. The van der Waals surface area contributed by atoms with Crippen LogP contribution in [0.15, 0.2) is 4.99 Å². The van der Waals surface area contributed by atoms with Gasteiger partial charge in [0.2, 0.25) is 0 Å². The zero-order valence-electron chi connectivity index (χ0n) is 9.35. The first-order valence-electron chi connectivity index (χ1n) is 5.17. The van der Waals surface area contributed by atoms with Crippen molar-refractivity contribution in [2.75, 3.05) is 4.43 Å². The summed E-state index contributed by atoms with van der Waals surface area (Å²) in [5, 5.41) is 2.48. The number of isothiocyanates is 1. The van der Waals surface area contributed by atoms with Crippen molar-refractivity contribution in [2.24, 2.45) is 10.9 Å². The molecule has 0 radical (unpaired) electrons. The standard InChI is InChI=1S/C11H20INS/c1-10(6-8-12)5-4-7-11(2,3)13-9-14/h10H,4-8H2,1-3H3. The van der Waals surface area contributed by atoms with E-state index in [4.69, 9.17) is 0 Å². The fourth-order valence-corrected chi connectivity index (χ4v) is 2.70. The normalized spacial score (nSPS) is 13.4. The van der Waals surface area contributed by atoms with Crippen molar-refractivity contribution in [1.82, 2.24) is 0 Å². The molecule has 0 rings (SSSR count). The van der Waals surface area contributed by atoms with Gasteiger partial charge in [0.1, 0.15) is 0 Å².